The van der Waals surface area contributed by atoms with Gasteiger partial charge in [0.1, 0.15) is 5.82 Å². The second-order valence-electron chi connectivity index (χ2n) is 2.26. The molecule has 0 fully saturated rings. The number of halogens is 1. The van der Waals surface area contributed by atoms with Gasteiger partial charge in [-0.05, 0) is 12.5 Å². The summed E-state index contributed by atoms with van der Waals surface area (Å²) < 4.78 is 13.0. The van der Waals surface area contributed by atoms with E-state index < -0.39 is 0 Å². The SMILES string of the molecule is Cc1cccc(C=NN)c1F. The van der Waals surface area contributed by atoms with Gasteiger partial charge < -0.3 is 5.84 Å². The highest BCUT2D eigenvalue weighted by atomic mass is 19.1. The second kappa shape index (κ2) is 3.14. The number of rotatable bonds is 1. The van der Waals surface area contributed by atoms with Crippen LogP contribution in [0.25, 0.3) is 0 Å². The molecule has 0 radical (unpaired) electrons. The Labute approximate surface area is 64.5 Å². The topological polar surface area (TPSA) is 38.4 Å². The van der Waals surface area contributed by atoms with E-state index in [1.165, 1.54) is 6.21 Å². The largest absolute Gasteiger partial charge is 0.323 e. The Kier molecular flexibility index (Phi) is 2.21. The average Bonchev–Trinajstić information content (AvgIpc) is 1.99. The van der Waals surface area contributed by atoms with Crippen LogP contribution < -0.4 is 5.84 Å². The highest BCUT2D eigenvalue weighted by Gasteiger charge is 2.00. The maximum absolute atomic E-state index is 13.0. The minimum absolute atomic E-state index is 0.262. The molecule has 0 aromatic heterocycles. The molecule has 2 nitrogen and oxygen atoms in total. The van der Waals surface area contributed by atoms with E-state index in [0.717, 1.165) is 0 Å². The summed E-state index contributed by atoms with van der Waals surface area (Å²) in [7, 11) is 0. The zero-order valence-electron chi connectivity index (χ0n) is 6.21. The van der Waals surface area contributed by atoms with Crippen LogP contribution in [0.5, 0.6) is 0 Å². The highest BCUT2D eigenvalue weighted by molar-refractivity contribution is 5.79. The molecule has 0 aliphatic rings. The summed E-state index contributed by atoms with van der Waals surface area (Å²) in [4.78, 5) is 0. The van der Waals surface area contributed by atoms with Crippen molar-refractivity contribution in [2.45, 2.75) is 6.92 Å². The fourth-order valence-electron chi connectivity index (χ4n) is 0.850. The summed E-state index contributed by atoms with van der Waals surface area (Å²) in [5.74, 6) is 4.62. The highest BCUT2D eigenvalue weighted by Crippen LogP contribution is 2.08. The molecule has 0 unspecified atom stereocenters. The lowest BCUT2D eigenvalue weighted by Crippen LogP contribution is -1.93. The van der Waals surface area contributed by atoms with Gasteiger partial charge in [0.2, 0.25) is 0 Å². The first-order valence-corrected chi connectivity index (χ1v) is 3.24. The predicted molar refractivity (Wildman–Crippen MR) is 42.9 cm³/mol. The van der Waals surface area contributed by atoms with Crippen molar-refractivity contribution in [1.82, 2.24) is 0 Å². The van der Waals surface area contributed by atoms with Crippen LogP contribution in [-0.2, 0) is 0 Å². The number of hydrogen-bond donors (Lipinski definition) is 1. The number of nitrogens with zero attached hydrogens (tertiary/aromatic N) is 1. The third kappa shape index (κ3) is 1.55. The van der Waals surface area contributed by atoms with E-state index in [-0.39, 0.29) is 5.82 Å². The maximum Gasteiger partial charge on any atom is 0.134 e. The second-order valence-corrected chi connectivity index (χ2v) is 2.26. The van der Waals surface area contributed by atoms with Crippen LogP contribution in [-0.4, -0.2) is 6.21 Å². The van der Waals surface area contributed by atoms with Crippen molar-refractivity contribution in [3.05, 3.63) is 35.1 Å². The van der Waals surface area contributed by atoms with Crippen molar-refractivity contribution in [3.63, 3.8) is 0 Å². The molecule has 0 amide bonds. The van der Waals surface area contributed by atoms with Gasteiger partial charge in [-0.15, -0.1) is 0 Å². The Morgan fingerprint density at radius 3 is 2.91 bits per heavy atom. The predicted octanol–water partition coefficient (Wildman–Crippen LogP) is 1.43. The van der Waals surface area contributed by atoms with E-state index in [1.54, 1.807) is 25.1 Å². The van der Waals surface area contributed by atoms with Gasteiger partial charge in [0.15, 0.2) is 0 Å². The van der Waals surface area contributed by atoms with Gasteiger partial charge in [0, 0.05) is 5.56 Å². The van der Waals surface area contributed by atoms with Gasteiger partial charge in [-0.1, -0.05) is 18.2 Å². The zero-order valence-corrected chi connectivity index (χ0v) is 6.21. The number of hydrazone groups is 1. The van der Waals surface area contributed by atoms with E-state index >= 15 is 0 Å². The molecule has 11 heavy (non-hydrogen) atoms. The van der Waals surface area contributed by atoms with E-state index in [9.17, 15) is 4.39 Å². The van der Waals surface area contributed by atoms with E-state index in [2.05, 4.69) is 5.10 Å². The minimum Gasteiger partial charge on any atom is -0.323 e. The van der Waals surface area contributed by atoms with E-state index in [1.807, 2.05) is 0 Å². The van der Waals surface area contributed by atoms with Crippen LogP contribution in [0.3, 0.4) is 0 Å². The van der Waals surface area contributed by atoms with Crippen LogP contribution in [0, 0.1) is 12.7 Å². The molecule has 3 heteroatoms. The van der Waals surface area contributed by atoms with Gasteiger partial charge >= 0.3 is 0 Å². The monoisotopic (exact) mass is 152 g/mol. The summed E-state index contributed by atoms with van der Waals surface area (Å²) in [6, 6.07) is 5.08. The number of nitrogens with two attached hydrogens (primary N) is 1. The van der Waals surface area contributed by atoms with Crippen molar-refractivity contribution >= 4 is 6.21 Å². The Morgan fingerprint density at radius 2 is 2.27 bits per heavy atom. The fourth-order valence-corrected chi connectivity index (χ4v) is 0.850. The van der Waals surface area contributed by atoms with Crippen molar-refractivity contribution in [1.29, 1.82) is 0 Å². The summed E-state index contributed by atoms with van der Waals surface area (Å²) in [5, 5.41) is 3.24. The van der Waals surface area contributed by atoms with Crippen molar-refractivity contribution in [2.24, 2.45) is 10.9 Å². The summed E-state index contributed by atoms with van der Waals surface area (Å²) >= 11 is 0. The van der Waals surface area contributed by atoms with Gasteiger partial charge in [-0.2, -0.15) is 5.10 Å². The molecule has 1 aromatic carbocycles. The first kappa shape index (κ1) is 7.72. The fraction of sp³-hybridized carbons (Fsp3) is 0.125. The summed E-state index contributed by atoms with van der Waals surface area (Å²) in [6.07, 6.45) is 1.29. The van der Waals surface area contributed by atoms with Crippen LogP contribution in [0.2, 0.25) is 0 Å². The first-order chi connectivity index (χ1) is 5.25. The van der Waals surface area contributed by atoms with Crippen molar-refractivity contribution < 1.29 is 4.39 Å². The lowest BCUT2D eigenvalue weighted by atomic mass is 10.1. The zero-order chi connectivity index (χ0) is 8.27. The Balaban J connectivity index is 3.16. The molecular formula is C8H9FN2. The normalized spacial score (nSPS) is 10.7. The maximum atomic E-state index is 13.0. The quantitative estimate of drug-likeness (QED) is 0.369. The van der Waals surface area contributed by atoms with Crippen molar-refractivity contribution in [3.8, 4) is 0 Å². The lowest BCUT2D eigenvalue weighted by molar-refractivity contribution is 0.616. The smallest absolute Gasteiger partial charge is 0.134 e. The molecule has 1 rings (SSSR count). The molecule has 0 saturated heterocycles. The lowest BCUT2D eigenvalue weighted by Gasteiger charge is -1.97. The standard InChI is InChI=1S/C8H9FN2/c1-6-3-2-4-7(5-11-10)8(6)9/h2-5H,10H2,1H3. The Hall–Kier alpha value is -1.38. The van der Waals surface area contributed by atoms with Crippen molar-refractivity contribution in [2.75, 3.05) is 0 Å². The molecule has 0 atom stereocenters. The van der Waals surface area contributed by atoms with Gasteiger partial charge in [0.05, 0.1) is 6.21 Å². The Bertz CT molecular complexity index is 281. The van der Waals surface area contributed by atoms with Crippen LogP contribution >= 0.6 is 0 Å². The van der Waals surface area contributed by atoms with Crippen LogP contribution in [0.1, 0.15) is 11.1 Å². The molecule has 0 bridgehead atoms. The van der Waals surface area contributed by atoms with E-state index in [0.29, 0.717) is 11.1 Å². The molecule has 0 spiro atoms. The molecule has 0 saturated carbocycles. The van der Waals surface area contributed by atoms with E-state index in [4.69, 9.17) is 5.84 Å². The van der Waals surface area contributed by atoms with Crippen LogP contribution in [0.4, 0.5) is 4.39 Å². The summed E-state index contributed by atoms with van der Waals surface area (Å²) in [5.41, 5.74) is 1.02. The van der Waals surface area contributed by atoms with Gasteiger partial charge in [0.25, 0.3) is 0 Å². The van der Waals surface area contributed by atoms with Crippen LogP contribution in [0.15, 0.2) is 23.3 Å². The van der Waals surface area contributed by atoms with Gasteiger partial charge in [-0.25, -0.2) is 4.39 Å². The molecule has 0 aliphatic heterocycles. The number of hydrogen-bond acceptors (Lipinski definition) is 2. The number of benzene rings is 1. The Morgan fingerprint density at radius 1 is 1.55 bits per heavy atom. The molecule has 2 N–H and O–H groups in total. The molecule has 0 heterocycles. The third-order valence-corrected chi connectivity index (χ3v) is 1.44. The average molecular weight is 152 g/mol. The molecule has 0 aliphatic carbocycles. The summed E-state index contributed by atoms with van der Waals surface area (Å²) in [6.45, 7) is 1.70. The minimum atomic E-state index is -0.262. The third-order valence-electron chi connectivity index (χ3n) is 1.44. The molecular weight excluding hydrogens is 143 g/mol. The van der Waals surface area contributed by atoms with Gasteiger partial charge in [-0.3, -0.25) is 0 Å². The number of aryl methyl sites for hydroxylation is 1. The molecule has 1 aromatic rings. The first-order valence-electron chi connectivity index (χ1n) is 3.24. The molecule has 58 valence electrons.